The van der Waals surface area contributed by atoms with Gasteiger partial charge in [-0.15, -0.1) is 0 Å². The van der Waals surface area contributed by atoms with Crippen molar-refractivity contribution in [2.75, 3.05) is 0 Å². The Bertz CT molecular complexity index is 1080. The molecule has 168 valence electrons. The smallest absolute Gasteiger partial charge is 0.145 e. The molecule has 2 bridgehead atoms. The van der Waals surface area contributed by atoms with E-state index in [4.69, 9.17) is 32.5 Å². The van der Waals surface area contributed by atoms with Crippen LogP contribution in [0, 0.1) is 5.41 Å². The van der Waals surface area contributed by atoms with Crippen LogP contribution in [-0.4, -0.2) is 20.5 Å². The van der Waals surface area contributed by atoms with E-state index in [2.05, 4.69) is 21.1 Å². The van der Waals surface area contributed by atoms with Crippen molar-refractivity contribution in [3.63, 3.8) is 0 Å². The van der Waals surface area contributed by atoms with Crippen LogP contribution < -0.4 is 0 Å². The van der Waals surface area contributed by atoms with Gasteiger partial charge >= 0.3 is 0 Å². The zero-order valence-corrected chi connectivity index (χ0v) is 19.5. The first-order valence-electron chi connectivity index (χ1n) is 11.6. The molecule has 0 spiro atoms. The highest BCUT2D eigenvalue weighted by atomic mass is 35.5. The van der Waals surface area contributed by atoms with Crippen LogP contribution in [0.5, 0.6) is 0 Å². The maximum atomic E-state index is 6.73. The highest BCUT2D eigenvalue weighted by Crippen LogP contribution is 2.55. The molecule has 0 atom stereocenters. The van der Waals surface area contributed by atoms with E-state index in [1.165, 1.54) is 19.3 Å². The number of hydrogen-bond donors (Lipinski definition) is 0. The summed E-state index contributed by atoms with van der Waals surface area (Å²) in [5.41, 5.74) is 2.82. The summed E-state index contributed by atoms with van der Waals surface area (Å²) in [5.74, 6) is 1.39. The summed E-state index contributed by atoms with van der Waals surface area (Å²) in [4.78, 5) is 0. The van der Waals surface area contributed by atoms with E-state index in [-0.39, 0.29) is 5.60 Å². The predicted octanol–water partition coefficient (Wildman–Crippen LogP) is 7.03. The molecular weight excluding hydrogens is 445 g/mol. The Kier molecular flexibility index (Phi) is 5.12. The molecule has 0 N–H and O–H groups in total. The zero-order valence-electron chi connectivity index (χ0n) is 18.0. The van der Waals surface area contributed by atoms with E-state index >= 15 is 0 Å². The number of halogens is 2. The van der Waals surface area contributed by atoms with Gasteiger partial charge in [-0.05, 0) is 75.0 Å². The summed E-state index contributed by atoms with van der Waals surface area (Å²) < 4.78 is 14.6. The molecule has 1 aromatic carbocycles. The fourth-order valence-electron chi connectivity index (χ4n) is 5.69. The zero-order chi connectivity index (χ0) is 21.8. The molecule has 3 aromatic rings. The summed E-state index contributed by atoms with van der Waals surface area (Å²) in [5, 5.41) is 10.0. The van der Waals surface area contributed by atoms with Gasteiger partial charge in [0.2, 0.25) is 0 Å². The third-order valence-electron chi connectivity index (χ3n) is 7.88. The van der Waals surface area contributed by atoms with Gasteiger partial charge in [0.05, 0.1) is 22.3 Å². The summed E-state index contributed by atoms with van der Waals surface area (Å²) >= 11 is 13.0. The molecule has 7 heteroatoms. The average molecular weight is 472 g/mol. The van der Waals surface area contributed by atoms with E-state index in [9.17, 15) is 0 Å². The van der Waals surface area contributed by atoms with Gasteiger partial charge in [0.1, 0.15) is 11.5 Å². The molecule has 0 amide bonds. The fraction of sp³-hybridized carbons (Fsp3) is 0.520. The fourth-order valence-corrected chi connectivity index (χ4v) is 6.27. The SMILES string of the molecule is Clc1cccc(Cl)c1-c1noc(C2CC2)c1COC12CCC(Cn3cccn3)(CC1)CC2. The normalized spacial score (nSPS) is 27.2. The van der Waals surface area contributed by atoms with Gasteiger partial charge in [-0.25, -0.2) is 0 Å². The van der Waals surface area contributed by atoms with Crippen molar-refractivity contribution in [1.29, 1.82) is 0 Å². The van der Waals surface area contributed by atoms with Gasteiger partial charge in [0.25, 0.3) is 0 Å². The Morgan fingerprint density at radius 2 is 1.75 bits per heavy atom. The largest absolute Gasteiger partial charge is 0.370 e. The number of fused-ring (bicyclic) bond motifs is 3. The average Bonchev–Trinajstić information content (AvgIpc) is 3.36. The minimum absolute atomic E-state index is 0.0501. The lowest BCUT2D eigenvalue weighted by Gasteiger charge is -2.53. The first-order valence-corrected chi connectivity index (χ1v) is 12.4. The summed E-state index contributed by atoms with van der Waals surface area (Å²) in [6, 6.07) is 7.55. The van der Waals surface area contributed by atoms with Gasteiger partial charge in [-0.3, -0.25) is 4.68 Å². The number of nitrogens with zero attached hydrogens (tertiary/aromatic N) is 3. The number of rotatable bonds is 7. The third kappa shape index (κ3) is 3.68. The van der Waals surface area contributed by atoms with Gasteiger partial charge in [-0.1, -0.05) is 34.4 Å². The second-order valence-electron chi connectivity index (χ2n) is 9.92. The Morgan fingerprint density at radius 3 is 2.38 bits per heavy atom. The molecule has 0 radical (unpaired) electrons. The molecule has 2 heterocycles. The monoisotopic (exact) mass is 471 g/mol. The minimum Gasteiger partial charge on any atom is -0.370 e. The molecule has 4 aliphatic carbocycles. The maximum Gasteiger partial charge on any atom is 0.145 e. The Labute approximate surface area is 198 Å². The highest BCUT2D eigenvalue weighted by molar-refractivity contribution is 6.39. The van der Waals surface area contributed by atoms with Crippen molar-refractivity contribution >= 4 is 23.2 Å². The highest BCUT2D eigenvalue weighted by Gasteiger charge is 2.50. The molecule has 0 saturated heterocycles. The topological polar surface area (TPSA) is 53.1 Å². The van der Waals surface area contributed by atoms with Crippen LogP contribution in [0.3, 0.4) is 0 Å². The van der Waals surface area contributed by atoms with E-state index in [1.54, 1.807) is 0 Å². The summed E-state index contributed by atoms with van der Waals surface area (Å²) in [6.07, 6.45) is 13.1. The number of hydrogen-bond acceptors (Lipinski definition) is 4. The molecule has 0 unspecified atom stereocenters. The lowest BCUT2D eigenvalue weighted by Crippen LogP contribution is -2.49. The molecule has 0 aliphatic heterocycles. The second kappa shape index (κ2) is 7.89. The molecular formula is C25H27Cl2N3O2. The minimum atomic E-state index is -0.0501. The van der Waals surface area contributed by atoms with Gasteiger partial charge < -0.3 is 9.26 Å². The van der Waals surface area contributed by atoms with Crippen molar-refractivity contribution < 1.29 is 9.26 Å². The van der Waals surface area contributed by atoms with Crippen LogP contribution in [0.25, 0.3) is 11.3 Å². The van der Waals surface area contributed by atoms with Crippen LogP contribution in [0.4, 0.5) is 0 Å². The van der Waals surface area contributed by atoms with Gasteiger partial charge in [-0.2, -0.15) is 5.10 Å². The van der Waals surface area contributed by atoms with Gasteiger partial charge in [0, 0.05) is 36.0 Å². The van der Waals surface area contributed by atoms with Gasteiger partial charge in [0.15, 0.2) is 0 Å². The molecule has 2 aromatic heterocycles. The van der Waals surface area contributed by atoms with E-state index < -0.39 is 0 Å². The Balaban J connectivity index is 1.22. The van der Waals surface area contributed by atoms with Crippen LogP contribution in [0.15, 0.2) is 41.2 Å². The summed E-state index contributed by atoms with van der Waals surface area (Å²) in [7, 11) is 0. The standard InChI is InChI=1S/C25H27Cl2N3O2/c26-19-3-1-4-20(27)21(19)22-18(23(32-29-22)17-5-6-17)15-31-25-10-7-24(8-11-25,9-12-25)16-30-14-2-13-28-30/h1-4,13-14,17H,5-12,15-16H2. The van der Waals surface area contributed by atoms with Crippen molar-refractivity contribution in [2.45, 2.75) is 76.0 Å². The number of benzene rings is 1. The predicted molar refractivity (Wildman–Crippen MR) is 124 cm³/mol. The van der Waals surface area contributed by atoms with Crippen LogP contribution in [0.2, 0.25) is 10.0 Å². The van der Waals surface area contributed by atoms with Crippen LogP contribution in [0.1, 0.15) is 68.6 Å². The number of ether oxygens (including phenoxy) is 1. The van der Waals surface area contributed by atoms with Crippen molar-refractivity contribution in [3.8, 4) is 11.3 Å². The second-order valence-corrected chi connectivity index (χ2v) is 10.7. The van der Waals surface area contributed by atoms with Crippen LogP contribution in [-0.2, 0) is 17.9 Å². The van der Waals surface area contributed by atoms with E-state index in [0.717, 1.165) is 61.2 Å². The van der Waals surface area contributed by atoms with Crippen molar-refractivity contribution in [3.05, 3.63) is 58.0 Å². The van der Waals surface area contributed by atoms with Crippen LogP contribution >= 0.6 is 23.2 Å². The molecule has 4 aliphatic rings. The molecule has 4 fully saturated rings. The molecule has 5 nitrogen and oxygen atoms in total. The van der Waals surface area contributed by atoms with Crippen molar-refractivity contribution in [2.24, 2.45) is 5.41 Å². The van der Waals surface area contributed by atoms with E-state index in [0.29, 0.717) is 28.0 Å². The maximum absolute atomic E-state index is 6.73. The lowest BCUT2D eigenvalue weighted by molar-refractivity contribution is -0.147. The molecule has 4 saturated carbocycles. The number of aromatic nitrogens is 3. The Hall–Kier alpha value is -1.82. The summed E-state index contributed by atoms with van der Waals surface area (Å²) in [6.45, 7) is 1.51. The van der Waals surface area contributed by atoms with E-state index in [1.807, 2.05) is 30.5 Å². The molecule has 7 rings (SSSR count). The lowest BCUT2D eigenvalue weighted by atomic mass is 9.58. The Morgan fingerprint density at radius 1 is 1.03 bits per heavy atom. The molecule has 32 heavy (non-hydrogen) atoms. The first kappa shape index (κ1) is 20.8. The quantitative estimate of drug-likeness (QED) is 0.370. The first-order chi connectivity index (χ1) is 15.6. The third-order valence-corrected chi connectivity index (χ3v) is 8.51. The van der Waals surface area contributed by atoms with Crippen molar-refractivity contribution in [1.82, 2.24) is 14.9 Å².